The number of methoxy groups -OCH3 is 1. The van der Waals surface area contributed by atoms with E-state index in [9.17, 15) is 4.79 Å². The highest BCUT2D eigenvalue weighted by Gasteiger charge is 2.33. The summed E-state index contributed by atoms with van der Waals surface area (Å²) >= 11 is 1.43. The lowest BCUT2D eigenvalue weighted by atomic mass is 10.0. The average Bonchev–Trinajstić information content (AvgIpc) is 3.18. The minimum Gasteiger partial charge on any atom is -0.496 e. The molecule has 0 aromatic heterocycles. The van der Waals surface area contributed by atoms with Crippen LogP contribution in [-0.4, -0.2) is 29.6 Å². The Labute approximate surface area is 210 Å². The Hall–Kier alpha value is -3.83. The number of amides is 1. The maximum atomic E-state index is 13.6. The van der Waals surface area contributed by atoms with Crippen molar-refractivity contribution in [2.24, 2.45) is 4.99 Å². The maximum Gasteiger partial charge on any atom is 0.266 e. The van der Waals surface area contributed by atoms with Gasteiger partial charge in [-0.25, -0.2) is 4.99 Å². The zero-order chi connectivity index (χ0) is 24.2. The summed E-state index contributed by atoms with van der Waals surface area (Å²) in [6, 6.07) is 30.3. The summed E-state index contributed by atoms with van der Waals surface area (Å²) in [6.45, 7) is 2.62. The van der Waals surface area contributed by atoms with Gasteiger partial charge in [0.25, 0.3) is 5.91 Å². The number of aryl methyl sites for hydroxylation is 1. The van der Waals surface area contributed by atoms with Crippen LogP contribution in [0, 0.1) is 6.92 Å². The van der Waals surface area contributed by atoms with Crippen LogP contribution in [-0.2, 0) is 11.2 Å². The van der Waals surface area contributed by atoms with E-state index in [4.69, 9.17) is 9.73 Å². The number of aliphatic imine (C=N–C) groups is 1. The minimum atomic E-state index is -0.0170. The van der Waals surface area contributed by atoms with Crippen molar-refractivity contribution in [3.63, 3.8) is 0 Å². The van der Waals surface area contributed by atoms with Crippen LogP contribution in [0.5, 0.6) is 5.75 Å². The first kappa shape index (κ1) is 22.9. The van der Waals surface area contributed by atoms with Gasteiger partial charge in [0.1, 0.15) is 5.75 Å². The number of ether oxygens (including phenoxy) is 1. The number of fused-ring (bicyclic) bond motifs is 1. The molecular formula is C30H26N2O2S. The van der Waals surface area contributed by atoms with E-state index in [-0.39, 0.29) is 5.91 Å². The summed E-state index contributed by atoms with van der Waals surface area (Å²) in [7, 11) is 1.68. The predicted octanol–water partition coefficient (Wildman–Crippen LogP) is 7.00. The van der Waals surface area contributed by atoms with Crippen LogP contribution >= 0.6 is 11.8 Å². The first-order chi connectivity index (χ1) is 17.1. The third-order valence-corrected chi connectivity index (χ3v) is 7.04. The quantitative estimate of drug-likeness (QED) is 0.280. The van der Waals surface area contributed by atoms with E-state index in [0.29, 0.717) is 16.6 Å². The third kappa shape index (κ3) is 5.00. The van der Waals surface area contributed by atoms with Gasteiger partial charge >= 0.3 is 0 Å². The van der Waals surface area contributed by atoms with Gasteiger partial charge in [0.2, 0.25) is 0 Å². The first-order valence-electron chi connectivity index (χ1n) is 11.6. The first-order valence-corrected chi connectivity index (χ1v) is 12.4. The van der Waals surface area contributed by atoms with E-state index in [1.807, 2.05) is 78.9 Å². The molecule has 4 aromatic rings. The number of nitrogens with zero attached hydrogens (tertiary/aromatic N) is 2. The molecule has 1 aliphatic rings. The zero-order valence-corrected chi connectivity index (χ0v) is 20.6. The lowest BCUT2D eigenvalue weighted by Crippen LogP contribution is -2.31. The predicted molar refractivity (Wildman–Crippen MR) is 146 cm³/mol. The van der Waals surface area contributed by atoms with Gasteiger partial charge in [-0.3, -0.25) is 9.69 Å². The van der Waals surface area contributed by atoms with Crippen LogP contribution in [0.3, 0.4) is 0 Å². The molecule has 0 unspecified atom stereocenters. The van der Waals surface area contributed by atoms with Gasteiger partial charge in [-0.1, -0.05) is 78.4 Å². The number of hydrogen-bond acceptors (Lipinski definition) is 4. The van der Waals surface area contributed by atoms with Crippen LogP contribution in [0.2, 0.25) is 0 Å². The van der Waals surface area contributed by atoms with Crippen LogP contribution in [0.4, 0.5) is 5.69 Å². The second kappa shape index (κ2) is 10.2. The molecule has 1 heterocycles. The van der Waals surface area contributed by atoms with Crippen molar-refractivity contribution in [2.45, 2.75) is 13.3 Å². The molecule has 5 rings (SSSR count). The Kier molecular flexibility index (Phi) is 6.68. The number of hydrogen-bond donors (Lipinski definition) is 0. The van der Waals surface area contributed by atoms with E-state index in [1.165, 1.54) is 22.9 Å². The number of thioether (sulfide) groups is 1. The van der Waals surface area contributed by atoms with E-state index < -0.39 is 0 Å². The standard InChI is InChI=1S/C30H26N2O2S/c1-21-12-15-24(16-13-21)31-30-32(19-18-22-8-4-3-5-9-22)29(33)28(35-30)20-23-14-17-27(34-2)26-11-7-6-10-25(23)26/h3-17,20H,18-19H2,1-2H3/b28-20-,31-30?. The summed E-state index contributed by atoms with van der Waals surface area (Å²) in [4.78, 5) is 20.9. The molecular weight excluding hydrogens is 452 g/mol. The fourth-order valence-corrected chi connectivity index (χ4v) is 5.16. The molecule has 35 heavy (non-hydrogen) atoms. The van der Waals surface area contributed by atoms with Crippen LogP contribution < -0.4 is 4.74 Å². The summed E-state index contributed by atoms with van der Waals surface area (Å²) in [5.41, 5.74) is 4.19. The van der Waals surface area contributed by atoms with E-state index in [1.54, 1.807) is 12.0 Å². The number of benzene rings is 4. The lowest BCUT2D eigenvalue weighted by Gasteiger charge is -2.15. The molecule has 1 amide bonds. The SMILES string of the molecule is COc1ccc(/C=C2\SC(=Nc3ccc(C)cc3)N(CCc3ccccc3)C2=O)c2ccccc12. The normalized spacial score (nSPS) is 15.9. The van der Waals surface area contributed by atoms with Crippen LogP contribution in [0.15, 0.2) is 101 Å². The fraction of sp³-hybridized carbons (Fsp3) is 0.133. The lowest BCUT2D eigenvalue weighted by molar-refractivity contribution is -0.122. The van der Waals surface area contributed by atoms with Crippen molar-refractivity contribution in [2.75, 3.05) is 13.7 Å². The molecule has 1 saturated heterocycles. The number of carbonyl (C=O) groups is 1. The average molecular weight is 479 g/mol. The molecule has 0 bridgehead atoms. The topological polar surface area (TPSA) is 41.9 Å². The molecule has 0 aliphatic carbocycles. The number of rotatable bonds is 6. The summed E-state index contributed by atoms with van der Waals surface area (Å²) in [5, 5.41) is 2.78. The largest absolute Gasteiger partial charge is 0.496 e. The third-order valence-electron chi connectivity index (χ3n) is 6.04. The van der Waals surface area contributed by atoms with Crippen LogP contribution in [0.1, 0.15) is 16.7 Å². The molecule has 0 radical (unpaired) electrons. The smallest absolute Gasteiger partial charge is 0.266 e. The van der Waals surface area contributed by atoms with E-state index in [0.717, 1.165) is 34.2 Å². The highest BCUT2D eigenvalue weighted by Crippen LogP contribution is 2.36. The number of carbonyl (C=O) groups excluding carboxylic acids is 1. The van der Waals surface area contributed by atoms with Gasteiger partial charge in [-0.15, -0.1) is 0 Å². The van der Waals surface area contributed by atoms with Gasteiger partial charge in [0.05, 0.1) is 17.7 Å². The molecule has 1 fully saturated rings. The summed E-state index contributed by atoms with van der Waals surface area (Å²) < 4.78 is 5.54. The highest BCUT2D eigenvalue weighted by atomic mass is 32.2. The Balaban J connectivity index is 1.51. The highest BCUT2D eigenvalue weighted by molar-refractivity contribution is 8.18. The fourth-order valence-electron chi connectivity index (χ4n) is 4.14. The Morgan fingerprint density at radius 2 is 1.60 bits per heavy atom. The second-order valence-electron chi connectivity index (χ2n) is 8.44. The van der Waals surface area contributed by atoms with Crippen molar-refractivity contribution >= 4 is 45.4 Å². The molecule has 4 nitrogen and oxygen atoms in total. The Morgan fingerprint density at radius 1 is 0.886 bits per heavy atom. The molecule has 0 atom stereocenters. The molecule has 1 aliphatic heterocycles. The van der Waals surface area contributed by atoms with Gasteiger partial charge < -0.3 is 4.74 Å². The van der Waals surface area contributed by atoms with Gasteiger partial charge in [-0.2, -0.15) is 0 Å². The van der Waals surface area contributed by atoms with Gasteiger partial charge in [-0.05, 0) is 65.9 Å². The summed E-state index contributed by atoms with van der Waals surface area (Å²) in [6.07, 6.45) is 2.74. The summed E-state index contributed by atoms with van der Waals surface area (Å²) in [5.74, 6) is 0.802. The zero-order valence-electron chi connectivity index (χ0n) is 19.8. The van der Waals surface area contributed by atoms with Crippen LogP contribution in [0.25, 0.3) is 16.8 Å². The van der Waals surface area contributed by atoms with Crippen molar-refractivity contribution in [1.82, 2.24) is 4.90 Å². The van der Waals surface area contributed by atoms with E-state index in [2.05, 4.69) is 25.1 Å². The molecule has 4 aromatic carbocycles. The van der Waals surface area contributed by atoms with Crippen molar-refractivity contribution < 1.29 is 9.53 Å². The van der Waals surface area contributed by atoms with Gasteiger partial charge in [0.15, 0.2) is 5.17 Å². The molecule has 0 N–H and O–H groups in total. The molecule has 0 spiro atoms. The molecule has 0 saturated carbocycles. The second-order valence-corrected chi connectivity index (χ2v) is 9.44. The monoisotopic (exact) mass is 478 g/mol. The van der Waals surface area contributed by atoms with E-state index >= 15 is 0 Å². The van der Waals surface area contributed by atoms with Crippen molar-refractivity contribution in [1.29, 1.82) is 0 Å². The molecule has 174 valence electrons. The Morgan fingerprint density at radius 3 is 2.34 bits per heavy atom. The Bertz CT molecular complexity index is 1430. The van der Waals surface area contributed by atoms with Gasteiger partial charge in [0, 0.05) is 11.9 Å². The molecule has 5 heteroatoms. The number of amidine groups is 1. The maximum absolute atomic E-state index is 13.6. The minimum absolute atomic E-state index is 0.0170. The van der Waals surface area contributed by atoms with Crippen molar-refractivity contribution in [3.8, 4) is 5.75 Å². The van der Waals surface area contributed by atoms with Crippen molar-refractivity contribution in [3.05, 3.63) is 113 Å².